The van der Waals surface area contributed by atoms with Crippen LogP contribution in [0.5, 0.6) is 11.8 Å². The summed E-state index contributed by atoms with van der Waals surface area (Å²) >= 11 is 6.32. The van der Waals surface area contributed by atoms with Crippen LogP contribution in [-0.2, 0) is 51.8 Å². The number of rotatable bonds is 12. The first-order valence-corrected chi connectivity index (χ1v) is 17.3. The van der Waals surface area contributed by atoms with Crippen LogP contribution in [0.15, 0.2) is 21.6 Å². The molecule has 0 saturated heterocycles. The van der Waals surface area contributed by atoms with Crippen molar-refractivity contribution in [2.24, 2.45) is 0 Å². The van der Waals surface area contributed by atoms with Gasteiger partial charge in [0.05, 0.1) is 38.1 Å². The average Bonchev–Trinajstić information content (AvgIpc) is 2.74. The second-order valence-electron chi connectivity index (χ2n) is 8.30. The summed E-state index contributed by atoms with van der Waals surface area (Å²) in [6.07, 6.45) is 6.74. The largest absolute Gasteiger partial charge is 0.475 e. The predicted octanol–water partition coefficient (Wildman–Crippen LogP) is 2.28. The Bertz CT molecular complexity index is 1220. The zero-order chi connectivity index (χ0) is 30.2. The van der Waals surface area contributed by atoms with Crippen molar-refractivity contribution >= 4 is 73.3 Å². The van der Waals surface area contributed by atoms with E-state index in [2.05, 4.69) is 72.1 Å². The fourth-order valence-electron chi connectivity index (χ4n) is 2.28. The van der Waals surface area contributed by atoms with E-state index in [-0.39, 0.29) is 44.4 Å². The van der Waals surface area contributed by atoms with Crippen molar-refractivity contribution < 1.29 is 59.0 Å². The zero-order valence-corrected chi connectivity index (χ0v) is 31.5. The third kappa shape index (κ3) is 25.3. The van der Waals surface area contributed by atoms with Crippen molar-refractivity contribution in [3.8, 4) is 11.8 Å². The Labute approximate surface area is 283 Å². The fraction of sp³-hybridized carbons (Fsp3) is 0.600. The van der Waals surface area contributed by atoms with Crippen molar-refractivity contribution in [3.05, 3.63) is 21.6 Å². The molecule has 0 spiro atoms. The molecule has 227 valence electrons. The van der Waals surface area contributed by atoms with Crippen molar-refractivity contribution in [2.75, 3.05) is 77.5 Å². The van der Waals surface area contributed by atoms with E-state index in [1.54, 1.807) is 6.20 Å². The first kappa shape index (κ1) is 41.7. The minimum absolute atomic E-state index is 0. The smallest absolute Gasteiger partial charge is 0.258 e. The van der Waals surface area contributed by atoms with Crippen LogP contribution < -0.4 is 19.9 Å². The fourth-order valence-corrected chi connectivity index (χ4v) is 3.34. The number of halogens is 3. The van der Waals surface area contributed by atoms with E-state index in [1.165, 1.54) is 6.20 Å². The van der Waals surface area contributed by atoms with E-state index >= 15 is 0 Å². The molecule has 3 N–H and O–H groups in total. The quantitative estimate of drug-likeness (QED) is 0.235. The van der Waals surface area contributed by atoms with Gasteiger partial charge in [-0.1, -0.05) is 0 Å². The van der Waals surface area contributed by atoms with Crippen LogP contribution >= 0.6 is 42.5 Å². The molecule has 0 atom stereocenters. The third-order valence-corrected chi connectivity index (χ3v) is 5.03. The van der Waals surface area contributed by atoms with Crippen LogP contribution in [0.3, 0.4) is 0 Å². The Morgan fingerprint density at radius 1 is 0.875 bits per heavy atom. The molecule has 1 radical (unpaired) electrons. The van der Waals surface area contributed by atoms with Gasteiger partial charge in [0.25, 0.3) is 11.8 Å². The Kier molecular flexibility index (Phi) is 22.1. The summed E-state index contributed by atoms with van der Waals surface area (Å²) in [4.78, 5) is 20.1. The van der Waals surface area contributed by atoms with Gasteiger partial charge in [0.15, 0.2) is 5.82 Å². The molecule has 0 aliphatic rings. The molecule has 0 aromatic carbocycles. The standard InChI is InChI=1S/C10H17BrN4O3S.C9H15BrN4O.CH3ClO2S.Y/c1-15(2)5-4-6-18-10-9(14-19(3,16)17)13-8(11)7-12-10;1-14(2)4-3-5-15-9-8(11)13-7(10)6-12-9;1-5(2,3)4;/h7H,4-6H2,1-3H3,(H,13,14);6H,3-5H2,1-2H3,(H2,11,13);1H3;. The maximum Gasteiger partial charge on any atom is 0.258 e. The summed E-state index contributed by atoms with van der Waals surface area (Å²) in [5, 5.41) is 0. The molecule has 0 amide bonds. The zero-order valence-electron chi connectivity index (χ0n) is 23.1. The second-order valence-corrected chi connectivity index (χ2v) is 14.7. The van der Waals surface area contributed by atoms with Crippen LogP contribution in [-0.4, -0.2) is 114 Å². The second kappa shape index (κ2) is 21.3. The first-order chi connectivity index (χ1) is 17.9. The molecule has 0 aliphatic heterocycles. The number of aromatic nitrogens is 4. The topological polar surface area (TPSA) is 183 Å². The number of nitrogens with two attached hydrogens (primary N) is 1. The van der Waals surface area contributed by atoms with Gasteiger partial charge < -0.3 is 25.0 Å². The van der Waals surface area contributed by atoms with Gasteiger partial charge in [0, 0.05) is 56.5 Å². The SMILES string of the molecule is CN(C)CCCOc1ncc(Br)nc1N.CN(C)CCCOc1ncc(Br)nc1NS(C)(=O)=O.CS(=O)(=O)Cl.[Y]. The monoisotopic (exact) mass is 829 g/mol. The number of anilines is 2. The number of nitrogen functional groups attached to an aromatic ring is 1. The number of ether oxygens (including phenoxy) is 2. The van der Waals surface area contributed by atoms with Gasteiger partial charge in [-0.2, -0.15) is 0 Å². The maximum atomic E-state index is 11.2. The predicted molar refractivity (Wildman–Crippen MR) is 160 cm³/mol. The summed E-state index contributed by atoms with van der Waals surface area (Å²) in [6, 6.07) is 0. The number of nitrogens with one attached hydrogen (secondary N) is 1. The van der Waals surface area contributed by atoms with Gasteiger partial charge in [-0.05, 0) is 72.9 Å². The third-order valence-electron chi connectivity index (χ3n) is 3.70. The van der Waals surface area contributed by atoms with Gasteiger partial charge >= 0.3 is 0 Å². The molecule has 2 aromatic rings. The number of sulfonamides is 1. The molecule has 0 unspecified atom stereocenters. The van der Waals surface area contributed by atoms with Crippen molar-refractivity contribution in [1.29, 1.82) is 0 Å². The van der Waals surface area contributed by atoms with Crippen LogP contribution in [0.4, 0.5) is 11.6 Å². The number of hydrogen-bond acceptors (Lipinski definition) is 13. The van der Waals surface area contributed by atoms with Crippen molar-refractivity contribution in [3.63, 3.8) is 0 Å². The van der Waals surface area contributed by atoms with Gasteiger partial charge in [-0.25, -0.2) is 36.8 Å². The summed E-state index contributed by atoms with van der Waals surface area (Å²) in [7, 11) is 5.87. The van der Waals surface area contributed by atoms with E-state index in [9.17, 15) is 16.8 Å². The van der Waals surface area contributed by atoms with Crippen LogP contribution in [0.1, 0.15) is 12.8 Å². The molecule has 0 fully saturated rings. The van der Waals surface area contributed by atoms with Gasteiger partial charge in [0.2, 0.25) is 24.9 Å². The van der Waals surface area contributed by atoms with Crippen molar-refractivity contribution in [1.82, 2.24) is 29.7 Å². The molecule has 40 heavy (non-hydrogen) atoms. The van der Waals surface area contributed by atoms with Gasteiger partial charge in [-0.3, -0.25) is 4.72 Å². The molecule has 0 aliphatic carbocycles. The van der Waals surface area contributed by atoms with Gasteiger partial charge in [0.1, 0.15) is 9.21 Å². The van der Waals surface area contributed by atoms with E-state index in [0.29, 0.717) is 34.1 Å². The Morgan fingerprint density at radius 2 is 1.27 bits per heavy atom. The summed E-state index contributed by atoms with van der Waals surface area (Å²) in [5.74, 6) is 0.972. The molecule has 20 heteroatoms. The Morgan fingerprint density at radius 3 is 1.68 bits per heavy atom. The molecule has 14 nitrogen and oxygen atoms in total. The summed E-state index contributed by atoms with van der Waals surface area (Å²) in [5.41, 5.74) is 5.62. The molecule has 2 heterocycles. The van der Waals surface area contributed by atoms with E-state index in [4.69, 9.17) is 15.2 Å². The van der Waals surface area contributed by atoms with Crippen LogP contribution in [0.2, 0.25) is 0 Å². The Hall–Kier alpha value is -0.466. The first-order valence-electron chi connectivity index (χ1n) is 11.1. The molecule has 2 aromatic heterocycles. The van der Waals surface area contributed by atoms with E-state index < -0.39 is 19.1 Å². The van der Waals surface area contributed by atoms with E-state index in [1.807, 2.05) is 33.1 Å². The minimum atomic E-state index is -3.42. The van der Waals surface area contributed by atoms with Crippen molar-refractivity contribution in [2.45, 2.75) is 12.8 Å². The summed E-state index contributed by atoms with van der Waals surface area (Å²) < 4.78 is 55.4. The molecular formula is C20H35Br2ClN8O6S2Y. The number of hydrogen-bond donors (Lipinski definition) is 2. The molecule has 2 rings (SSSR count). The van der Waals surface area contributed by atoms with Crippen LogP contribution in [0, 0.1) is 0 Å². The van der Waals surface area contributed by atoms with Crippen LogP contribution in [0.25, 0.3) is 0 Å². The summed E-state index contributed by atoms with van der Waals surface area (Å²) in [6.45, 7) is 2.88. The minimum Gasteiger partial charge on any atom is -0.475 e. The van der Waals surface area contributed by atoms with Gasteiger partial charge in [-0.15, -0.1) is 0 Å². The maximum absolute atomic E-state index is 11.2. The molecular weight excluding hydrogens is 797 g/mol. The molecule has 0 saturated carbocycles. The van der Waals surface area contributed by atoms with E-state index in [0.717, 1.165) is 38.4 Å². The normalized spacial score (nSPS) is 11.0. The number of nitrogens with zero attached hydrogens (tertiary/aromatic N) is 6. The average molecular weight is 832 g/mol. The Balaban J connectivity index is 0. The molecule has 0 bridgehead atoms.